The summed E-state index contributed by atoms with van der Waals surface area (Å²) in [7, 11) is 8.25. The van der Waals surface area contributed by atoms with E-state index >= 15 is 0 Å². The molecule has 1 aliphatic carbocycles. The zero-order valence-corrected chi connectivity index (χ0v) is 16.5. The maximum atomic E-state index is 4.79. The lowest BCUT2D eigenvalue weighted by molar-refractivity contribution is 0.221. The third kappa shape index (κ3) is 3.84. The number of nitrogens with zero attached hydrogens (tertiary/aromatic N) is 6. The summed E-state index contributed by atoms with van der Waals surface area (Å²) in [5.41, 5.74) is 6.25. The van der Waals surface area contributed by atoms with Crippen molar-refractivity contribution >= 4 is 23.1 Å². The van der Waals surface area contributed by atoms with E-state index in [1.807, 2.05) is 25.3 Å². The Morgan fingerprint density at radius 3 is 2.59 bits per heavy atom. The van der Waals surface area contributed by atoms with Crippen LogP contribution in [0.25, 0.3) is 0 Å². The van der Waals surface area contributed by atoms with Gasteiger partial charge in [0.25, 0.3) is 0 Å². The minimum Gasteiger partial charge on any atom is -0.365 e. The van der Waals surface area contributed by atoms with E-state index in [0.717, 1.165) is 35.7 Å². The summed E-state index contributed by atoms with van der Waals surface area (Å²) in [5, 5.41) is 13.2. The minimum atomic E-state index is 0.445. The normalized spacial score (nSPS) is 22.2. The Morgan fingerprint density at radius 1 is 1.15 bits per heavy atom. The highest BCUT2D eigenvalue weighted by molar-refractivity contribution is 5.72. The fourth-order valence-electron chi connectivity index (χ4n) is 3.95. The smallest absolute Gasteiger partial charge is 0.229 e. The molecule has 0 unspecified atom stereocenters. The highest BCUT2D eigenvalue weighted by atomic mass is 15.5. The van der Waals surface area contributed by atoms with E-state index in [9.17, 15) is 0 Å². The first-order valence-corrected chi connectivity index (χ1v) is 9.56. The van der Waals surface area contributed by atoms with Gasteiger partial charge in [-0.2, -0.15) is 10.1 Å². The van der Waals surface area contributed by atoms with Crippen LogP contribution in [0.5, 0.6) is 0 Å². The fraction of sp³-hybridized carbons (Fsp3) is 0.611. The van der Waals surface area contributed by atoms with Crippen molar-refractivity contribution in [3.05, 3.63) is 18.1 Å². The molecule has 1 saturated carbocycles. The summed E-state index contributed by atoms with van der Waals surface area (Å²) in [4.78, 5) is 11.8. The van der Waals surface area contributed by atoms with Crippen molar-refractivity contribution in [2.45, 2.75) is 44.3 Å². The highest BCUT2D eigenvalue weighted by Crippen LogP contribution is 2.34. The van der Waals surface area contributed by atoms with Crippen molar-refractivity contribution in [1.29, 1.82) is 0 Å². The molecule has 9 nitrogen and oxygen atoms in total. The van der Waals surface area contributed by atoms with Crippen LogP contribution in [0.15, 0.2) is 12.4 Å². The summed E-state index contributed by atoms with van der Waals surface area (Å²) >= 11 is 0. The van der Waals surface area contributed by atoms with Crippen LogP contribution in [0.4, 0.5) is 23.1 Å². The van der Waals surface area contributed by atoms with E-state index in [0.29, 0.717) is 24.6 Å². The Bertz CT molecular complexity index is 792. The lowest BCUT2D eigenvalue weighted by atomic mass is 9.90. The van der Waals surface area contributed by atoms with Crippen molar-refractivity contribution < 1.29 is 0 Å². The van der Waals surface area contributed by atoms with Gasteiger partial charge in [0, 0.05) is 32.4 Å². The van der Waals surface area contributed by atoms with Gasteiger partial charge in [-0.15, -0.1) is 0 Å². The Hall–Kier alpha value is -2.39. The summed E-state index contributed by atoms with van der Waals surface area (Å²) in [6, 6.07) is 1.13. The van der Waals surface area contributed by atoms with Crippen LogP contribution >= 0.6 is 0 Å². The monoisotopic (exact) mass is 371 g/mol. The molecule has 3 heterocycles. The van der Waals surface area contributed by atoms with Gasteiger partial charge in [0.1, 0.15) is 5.69 Å². The van der Waals surface area contributed by atoms with E-state index in [-0.39, 0.29) is 0 Å². The predicted molar refractivity (Wildman–Crippen MR) is 107 cm³/mol. The first kappa shape index (κ1) is 18.0. The molecule has 27 heavy (non-hydrogen) atoms. The molecular weight excluding hydrogens is 342 g/mol. The van der Waals surface area contributed by atoms with Gasteiger partial charge in [0.2, 0.25) is 5.95 Å². The van der Waals surface area contributed by atoms with Crippen LogP contribution in [0.3, 0.4) is 0 Å². The topological polar surface area (TPSA) is 86.2 Å². The quantitative estimate of drug-likeness (QED) is 0.732. The lowest BCUT2D eigenvalue weighted by Crippen LogP contribution is -2.36. The molecule has 1 aliphatic heterocycles. The molecule has 9 heteroatoms. The molecule has 2 aromatic heterocycles. The van der Waals surface area contributed by atoms with Gasteiger partial charge in [0.05, 0.1) is 24.1 Å². The predicted octanol–water partition coefficient (Wildman–Crippen LogP) is 1.69. The summed E-state index contributed by atoms with van der Waals surface area (Å²) in [5.74, 6) is 1.50. The van der Waals surface area contributed by atoms with Gasteiger partial charge in [-0.1, -0.05) is 0 Å². The van der Waals surface area contributed by atoms with Gasteiger partial charge in [-0.3, -0.25) is 4.68 Å². The second kappa shape index (κ2) is 7.32. The SMILES string of the molecule is CN1NCc2nc(Nc3cnn(C)c3)nc(N[C@H]3CC[C@H](N(C)C)CC3)c21. The first-order chi connectivity index (χ1) is 13.0. The minimum absolute atomic E-state index is 0.445. The van der Waals surface area contributed by atoms with Crippen LogP contribution in [-0.2, 0) is 13.6 Å². The van der Waals surface area contributed by atoms with Crippen molar-refractivity contribution in [2.24, 2.45) is 7.05 Å². The maximum Gasteiger partial charge on any atom is 0.229 e. The Kier molecular flexibility index (Phi) is 4.88. The molecule has 0 amide bonds. The fourth-order valence-corrected chi connectivity index (χ4v) is 3.95. The van der Waals surface area contributed by atoms with E-state index in [4.69, 9.17) is 4.98 Å². The molecule has 146 valence electrons. The molecule has 2 aromatic rings. The second-order valence-electron chi connectivity index (χ2n) is 7.73. The molecular formula is C18H29N9. The first-order valence-electron chi connectivity index (χ1n) is 9.56. The largest absolute Gasteiger partial charge is 0.365 e. The number of nitrogens with one attached hydrogen (secondary N) is 3. The van der Waals surface area contributed by atoms with Gasteiger partial charge >= 0.3 is 0 Å². The van der Waals surface area contributed by atoms with Crippen LogP contribution in [0.2, 0.25) is 0 Å². The number of hydrazine groups is 1. The lowest BCUT2D eigenvalue weighted by Gasteiger charge is -2.33. The Labute approximate surface area is 160 Å². The van der Waals surface area contributed by atoms with Gasteiger partial charge in [0.15, 0.2) is 5.82 Å². The van der Waals surface area contributed by atoms with E-state index in [2.05, 4.69) is 45.1 Å². The third-order valence-corrected chi connectivity index (χ3v) is 5.50. The summed E-state index contributed by atoms with van der Waals surface area (Å²) in [6.45, 7) is 0.706. The molecule has 0 radical (unpaired) electrons. The standard InChI is InChI=1S/C18H29N9/c1-25(2)14-7-5-12(6-8-14)21-17-16-15(10-20-27(16)4)23-18(24-17)22-13-9-19-26(3)11-13/h9,11-12,14,20H,5-8,10H2,1-4H3,(H2,21,22,23,24)/t12-,14-. The number of fused-ring (bicyclic) bond motifs is 1. The summed E-state index contributed by atoms with van der Waals surface area (Å²) in [6.07, 6.45) is 8.43. The molecule has 0 aromatic carbocycles. The zero-order valence-electron chi connectivity index (χ0n) is 16.5. The number of anilines is 4. The maximum absolute atomic E-state index is 4.79. The average molecular weight is 371 g/mol. The Balaban J connectivity index is 1.54. The average Bonchev–Trinajstić information content (AvgIpc) is 3.21. The van der Waals surface area contributed by atoms with Gasteiger partial charge in [-0.05, 0) is 39.8 Å². The van der Waals surface area contributed by atoms with Crippen molar-refractivity contribution in [3.63, 3.8) is 0 Å². The van der Waals surface area contributed by atoms with Gasteiger partial charge in [-0.25, -0.2) is 10.4 Å². The molecule has 0 bridgehead atoms. The summed E-state index contributed by atoms with van der Waals surface area (Å²) < 4.78 is 1.76. The van der Waals surface area contributed by atoms with E-state index in [1.54, 1.807) is 10.9 Å². The molecule has 0 atom stereocenters. The van der Waals surface area contributed by atoms with Crippen LogP contribution < -0.4 is 21.1 Å². The number of rotatable bonds is 5. The molecule has 1 fully saturated rings. The third-order valence-electron chi connectivity index (χ3n) is 5.50. The number of hydrogen-bond donors (Lipinski definition) is 3. The molecule has 3 N–H and O–H groups in total. The molecule has 0 spiro atoms. The highest BCUT2D eigenvalue weighted by Gasteiger charge is 2.27. The van der Waals surface area contributed by atoms with Crippen LogP contribution in [-0.4, -0.2) is 57.9 Å². The van der Waals surface area contributed by atoms with Crippen molar-refractivity contribution in [3.8, 4) is 0 Å². The number of aromatic nitrogens is 4. The van der Waals surface area contributed by atoms with E-state index in [1.165, 1.54) is 12.8 Å². The van der Waals surface area contributed by atoms with Gasteiger partial charge < -0.3 is 20.5 Å². The van der Waals surface area contributed by atoms with E-state index < -0.39 is 0 Å². The molecule has 0 saturated heterocycles. The van der Waals surface area contributed by atoms with Crippen LogP contribution in [0, 0.1) is 0 Å². The Morgan fingerprint density at radius 2 is 1.93 bits per heavy atom. The number of hydrogen-bond acceptors (Lipinski definition) is 8. The van der Waals surface area contributed by atoms with Crippen molar-refractivity contribution in [2.75, 3.05) is 36.8 Å². The second-order valence-corrected chi connectivity index (χ2v) is 7.73. The zero-order chi connectivity index (χ0) is 19.0. The molecule has 4 rings (SSSR count). The number of aryl methyl sites for hydroxylation is 1. The molecule has 2 aliphatic rings. The van der Waals surface area contributed by atoms with Crippen LogP contribution in [0.1, 0.15) is 31.4 Å². The van der Waals surface area contributed by atoms with Crippen molar-refractivity contribution in [1.82, 2.24) is 30.1 Å².